The normalized spacial score (nSPS) is 18.8. The fraction of sp³-hybridized carbons (Fsp3) is 0.750. The van der Waals surface area contributed by atoms with Gasteiger partial charge in [-0.25, -0.2) is 18.6 Å². The Labute approximate surface area is 123 Å². The second kappa shape index (κ2) is 13.0. The van der Waals surface area contributed by atoms with Gasteiger partial charge in [-0.2, -0.15) is 12.8 Å². The van der Waals surface area contributed by atoms with E-state index in [1.807, 2.05) is 23.5 Å². The van der Waals surface area contributed by atoms with Gasteiger partial charge in [0.1, 0.15) is 0 Å². The van der Waals surface area contributed by atoms with Gasteiger partial charge < -0.3 is 23.5 Å². The zero-order valence-corrected chi connectivity index (χ0v) is 13.1. The molecule has 2 aliphatic heterocycles. The third-order valence-electron chi connectivity index (χ3n) is 1.40. The molecule has 0 unspecified atom stereocenters. The molecule has 2 rings (SSSR count). The smallest absolute Gasteiger partial charge is 0.351 e. The van der Waals surface area contributed by atoms with E-state index in [1.165, 1.54) is 37.2 Å². The molecule has 0 aliphatic carbocycles. The van der Waals surface area contributed by atoms with Gasteiger partial charge in [0.25, 0.3) is 0 Å². The van der Waals surface area contributed by atoms with Crippen molar-refractivity contribution in [1.29, 1.82) is 0 Å². The third kappa shape index (κ3) is 24.7. The molecule has 0 amide bonds. The Hall–Kier alpha value is 1.57. The van der Waals surface area contributed by atoms with Gasteiger partial charge in [0.2, 0.25) is 0 Å². The first kappa shape index (κ1) is 19.9. The maximum Gasteiger partial charge on any atom is 3.00 e. The summed E-state index contributed by atoms with van der Waals surface area (Å²) in [7, 11) is -4.94. The van der Waals surface area contributed by atoms with Crippen molar-refractivity contribution in [2.45, 2.75) is 25.7 Å². The number of thioether (sulfide) groups is 2. The van der Waals surface area contributed by atoms with Gasteiger partial charge in [0, 0.05) is 0 Å². The molecule has 0 N–H and O–H groups in total. The van der Waals surface area contributed by atoms with Gasteiger partial charge in [0.05, 0.1) is 0 Å². The monoisotopic (exact) mass is 470 g/mol. The largest absolute Gasteiger partial charge is 3.00 e. The van der Waals surface area contributed by atoms with Crippen molar-refractivity contribution in [3.8, 4) is 0 Å². The van der Waals surface area contributed by atoms with Crippen LogP contribution in [0.3, 0.4) is 0 Å². The molecule has 2 aliphatic rings. The molecule has 0 bridgehead atoms. The number of halogens is 1. The van der Waals surface area contributed by atoms with E-state index in [1.54, 1.807) is 0 Å². The Kier molecular flexibility index (Phi) is 16.2. The van der Waals surface area contributed by atoms with E-state index in [2.05, 4.69) is 11.5 Å². The maximum atomic E-state index is 8.49. The minimum absolute atomic E-state index is 0. The summed E-state index contributed by atoms with van der Waals surface area (Å²) in [5.41, 5.74) is 0. The van der Waals surface area contributed by atoms with E-state index in [0.717, 1.165) is 0 Å². The Balaban J connectivity index is 0. The number of hydrogen-bond acceptors (Lipinski definition) is 6. The fourth-order valence-electron chi connectivity index (χ4n) is 0.833. The number of rotatable bonds is 0. The zero-order valence-electron chi connectivity index (χ0n) is 8.53. The number of hydrogen-bond donors (Lipinski definition) is 0. The van der Waals surface area contributed by atoms with Crippen LogP contribution >= 0.6 is 23.5 Å². The molecule has 8 heteroatoms. The Bertz CT molecular complexity index is 109. The molecule has 0 aromatic carbocycles. The Morgan fingerprint density at radius 2 is 1.12 bits per heavy atom. The van der Waals surface area contributed by atoms with Gasteiger partial charge in [-0.3, -0.25) is 11.5 Å². The third-order valence-corrected chi connectivity index (χ3v) is 3.40. The van der Waals surface area contributed by atoms with Crippen LogP contribution in [0, 0.1) is 21.7 Å². The van der Waals surface area contributed by atoms with Crippen molar-refractivity contribution in [3.05, 3.63) is 11.5 Å². The van der Waals surface area contributed by atoms with Crippen LogP contribution in [0.1, 0.15) is 25.7 Å². The van der Waals surface area contributed by atoms with E-state index in [9.17, 15) is 0 Å². The van der Waals surface area contributed by atoms with Crippen LogP contribution in [-0.4, -0.2) is 11.5 Å². The van der Waals surface area contributed by atoms with Crippen LogP contribution in [0.25, 0.3) is 0 Å². The summed E-state index contributed by atoms with van der Waals surface area (Å²) in [6.07, 6.45) is 5.49. The first-order valence-electron chi connectivity index (χ1n) is 4.48. The quantitative estimate of drug-likeness (QED) is 0.319. The zero-order chi connectivity index (χ0) is 11.6. The average Bonchev–Trinajstić information content (AvgIpc) is 2.81. The summed E-state index contributed by atoms with van der Waals surface area (Å²) in [5.74, 6) is 7.28. The van der Waals surface area contributed by atoms with Gasteiger partial charge in [-0.05, 0) is 11.5 Å². The van der Waals surface area contributed by atoms with E-state index in [-0.39, 0.29) is 22.4 Å². The molecule has 0 aromatic rings. The molecule has 2 saturated heterocycles. The molecule has 0 saturated carbocycles. The molecule has 0 spiro atoms. The minimum atomic E-state index is -4.94. The summed E-state index contributed by atoms with van der Waals surface area (Å²) < 4.78 is 34.0. The predicted octanol–water partition coefficient (Wildman–Crippen LogP) is -1.41. The average molecular weight is 471 g/mol. The van der Waals surface area contributed by atoms with Crippen molar-refractivity contribution >= 4 is 23.5 Å². The van der Waals surface area contributed by atoms with Crippen molar-refractivity contribution in [1.82, 2.24) is 0 Å². The topological polar surface area (TPSA) is 92.2 Å². The molecule has 2 heterocycles. The van der Waals surface area contributed by atoms with E-state index in [4.69, 9.17) is 18.6 Å². The van der Waals surface area contributed by atoms with Crippen molar-refractivity contribution in [2.24, 2.45) is 0 Å². The van der Waals surface area contributed by atoms with Gasteiger partial charge in [-0.15, -0.1) is 10.2 Å². The van der Waals surface area contributed by atoms with Gasteiger partial charge in [-0.1, -0.05) is 12.8 Å². The molecule has 100 valence electrons. The van der Waals surface area contributed by atoms with E-state index >= 15 is 0 Å². The summed E-state index contributed by atoms with van der Waals surface area (Å²) >= 11 is 3.90. The van der Waals surface area contributed by atoms with Crippen LogP contribution in [0.5, 0.6) is 0 Å². The van der Waals surface area contributed by atoms with Crippen molar-refractivity contribution < 1.29 is 51.3 Å². The SMILES string of the molecule is [Au+3].[CH-]1CCCS1.[CH-]1CCCS1.[O-][Cl+3]([O-])([O-])[O-]. The van der Waals surface area contributed by atoms with Crippen LogP contribution in [0.2, 0.25) is 0 Å². The standard InChI is InChI=1S/2C4H7S.Au.ClHO4/c2*1-2-4-5-3-1;;2-1(3,4)5/h2*3H,1-2,4H2;;(H,2,3,4,5)/q2*-1;+3;/p-1. The molecular formula is C8H14AuClO4S2. The Morgan fingerprint density at radius 1 is 0.812 bits per heavy atom. The molecule has 16 heavy (non-hydrogen) atoms. The minimum Gasteiger partial charge on any atom is -0.351 e. The second-order valence-electron chi connectivity index (χ2n) is 2.74. The molecule has 2 fully saturated rings. The summed E-state index contributed by atoms with van der Waals surface area (Å²) in [6.45, 7) is 0. The summed E-state index contributed by atoms with van der Waals surface area (Å²) in [4.78, 5) is 0. The van der Waals surface area contributed by atoms with Crippen LogP contribution in [0.4, 0.5) is 0 Å². The van der Waals surface area contributed by atoms with Crippen molar-refractivity contribution in [3.63, 3.8) is 0 Å². The maximum absolute atomic E-state index is 8.49. The molecule has 4 nitrogen and oxygen atoms in total. The van der Waals surface area contributed by atoms with Crippen LogP contribution < -0.4 is 18.6 Å². The predicted molar refractivity (Wildman–Crippen MR) is 52.0 cm³/mol. The molecule has 0 aromatic heterocycles. The Morgan fingerprint density at radius 3 is 1.19 bits per heavy atom. The fourth-order valence-corrected chi connectivity index (χ4v) is 2.50. The van der Waals surface area contributed by atoms with Gasteiger partial charge >= 0.3 is 22.4 Å². The van der Waals surface area contributed by atoms with Gasteiger partial charge in [0.15, 0.2) is 0 Å². The summed E-state index contributed by atoms with van der Waals surface area (Å²) in [6, 6.07) is 0. The second-order valence-corrected chi connectivity index (χ2v) is 5.64. The van der Waals surface area contributed by atoms with Crippen LogP contribution in [-0.2, 0) is 22.4 Å². The van der Waals surface area contributed by atoms with E-state index in [0.29, 0.717) is 0 Å². The first-order chi connectivity index (χ1) is 7.00. The molecular weight excluding hydrogens is 457 g/mol. The van der Waals surface area contributed by atoms with Crippen molar-refractivity contribution in [2.75, 3.05) is 11.5 Å². The molecule has 0 atom stereocenters. The van der Waals surface area contributed by atoms with E-state index < -0.39 is 10.2 Å². The first-order valence-corrected chi connectivity index (χ1v) is 7.81. The van der Waals surface area contributed by atoms with Crippen LogP contribution in [0.15, 0.2) is 0 Å². The summed E-state index contributed by atoms with van der Waals surface area (Å²) in [5, 5.41) is 0. The molecule has 0 radical (unpaired) electrons.